The minimum Gasteiger partial charge on any atom is -0.457 e. The van der Waals surface area contributed by atoms with E-state index in [4.69, 9.17) is 4.74 Å². The van der Waals surface area contributed by atoms with E-state index in [1.807, 2.05) is 84.9 Å². The second-order valence-corrected chi connectivity index (χ2v) is 7.83. The molecule has 1 N–H and O–H groups in total. The number of benzene rings is 4. The predicted octanol–water partition coefficient (Wildman–Crippen LogP) is 5.62. The van der Waals surface area contributed by atoms with Crippen LogP contribution in [0.5, 0.6) is 11.5 Å². The van der Waals surface area contributed by atoms with Crippen molar-refractivity contribution in [2.45, 2.75) is 6.42 Å². The first-order valence-electron chi connectivity index (χ1n) is 10.6. The molecule has 1 saturated heterocycles. The minimum absolute atomic E-state index is 0.0342. The number of para-hydroxylation sites is 1. The van der Waals surface area contributed by atoms with E-state index in [9.17, 15) is 9.59 Å². The van der Waals surface area contributed by atoms with Crippen molar-refractivity contribution < 1.29 is 14.3 Å². The van der Waals surface area contributed by atoms with Crippen molar-refractivity contribution in [3.05, 3.63) is 97.1 Å². The third kappa shape index (κ3) is 4.05. The van der Waals surface area contributed by atoms with Gasteiger partial charge >= 0.3 is 0 Å². The summed E-state index contributed by atoms with van der Waals surface area (Å²) in [5, 5.41) is 5.02. The normalized spacial score (nSPS) is 15.7. The Morgan fingerprint density at radius 3 is 2.31 bits per heavy atom. The molecule has 1 aliphatic rings. The lowest BCUT2D eigenvalue weighted by Gasteiger charge is -2.19. The Morgan fingerprint density at radius 2 is 1.50 bits per heavy atom. The fourth-order valence-electron chi connectivity index (χ4n) is 4.03. The van der Waals surface area contributed by atoms with Crippen LogP contribution in [0.25, 0.3) is 10.8 Å². The monoisotopic (exact) mass is 422 g/mol. The highest BCUT2D eigenvalue weighted by atomic mass is 16.5. The van der Waals surface area contributed by atoms with Crippen LogP contribution in [-0.4, -0.2) is 18.4 Å². The lowest BCUT2D eigenvalue weighted by atomic mass is 10.1. The molecule has 1 fully saturated rings. The Morgan fingerprint density at radius 1 is 0.812 bits per heavy atom. The average Bonchev–Trinajstić information content (AvgIpc) is 3.22. The summed E-state index contributed by atoms with van der Waals surface area (Å²) < 4.78 is 5.79. The van der Waals surface area contributed by atoms with Crippen LogP contribution in [0.4, 0.5) is 11.4 Å². The fourth-order valence-corrected chi connectivity index (χ4v) is 4.03. The van der Waals surface area contributed by atoms with Crippen LogP contribution in [0.2, 0.25) is 0 Å². The highest BCUT2D eigenvalue weighted by molar-refractivity contribution is 6.08. The molecule has 1 atom stereocenters. The molecule has 0 spiro atoms. The van der Waals surface area contributed by atoms with Crippen molar-refractivity contribution in [2.24, 2.45) is 5.92 Å². The van der Waals surface area contributed by atoms with Gasteiger partial charge in [-0.05, 0) is 47.9 Å². The van der Waals surface area contributed by atoms with E-state index in [2.05, 4.69) is 5.32 Å². The number of nitrogens with one attached hydrogen (secondary N) is 1. The standard InChI is InChI=1S/C27H22N2O3/c30-26-17-20(18-29(26)25-12-6-8-19-7-4-5-11-24(19)25)27(31)28-21-13-15-23(16-14-21)32-22-9-2-1-3-10-22/h1-16,20H,17-18H2,(H,28,31)/t20-/m1/s1. The van der Waals surface area contributed by atoms with Crippen LogP contribution in [0.1, 0.15) is 6.42 Å². The minimum atomic E-state index is -0.401. The lowest BCUT2D eigenvalue weighted by molar-refractivity contribution is -0.122. The van der Waals surface area contributed by atoms with Crippen LogP contribution in [0, 0.1) is 5.92 Å². The van der Waals surface area contributed by atoms with Gasteiger partial charge in [0.1, 0.15) is 11.5 Å². The van der Waals surface area contributed by atoms with Crippen LogP contribution >= 0.6 is 0 Å². The number of carbonyl (C=O) groups excluding carboxylic acids is 2. The molecule has 0 aromatic heterocycles. The van der Waals surface area contributed by atoms with Crippen LogP contribution in [0.15, 0.2) is 97.1 Å². The maximum Gasteiger partial charge on any atom is 0.229 e. The molecule has 0 unspecified atom stereocenters. The third-order valence-electron chi connectivity index (χ3n) is 5.65. The molecule has 5 nitrogen and oxygen atoms in total. The van der Waals surface area contributed by atoms with Gasteiger partial charge < -0.3 is 15.0 Å². The van der Waals surface area contributed by atoms with Crippen LogP contribution < -0.4 is 15.0 Å². The summed E-state index contributed by atoms with van der Waals surface area (Å²) in [6.45, 7) is 0.369. The molecule has 0 aliphatic carbocycles. The van der Waals surface area contributed by atoms with Crippen molar-refractivity contribution >= 4 is 34.0 Å². The summed E-state index contributed by atoms with van der Waals surface area (Å²) in [7, 11) is 0. The van der Waals surface area contributed by atoms with Gasteiger partial charge in [-0.25, -0.2) is 0 Å². The highest BCUT2D eigenvalue weighted by Gasteiger charge is 2.35. The molecule has 0 saturated carbocycles. The topological polar surface area (TPSA) is 58.6 Å². The third-order valence-corrected chi connectivity index (χ3v) is 5.65. The summed E-state index contributed by atoms with van der Waals surface area (Å²) in [6, 6.07) is 30.6. The number of ether oxygens (including phenoxy) is 1. The van der Waals surface area contributed by atoms with Gasteiger partial charge in [0.2, 0.25) is 11.8 Å². The van der Waals surface area contributed by atoms with Gasteiger partial charge in [-0.3, -0.25) is 9.59 Å². The largest absolute Gasteiger partial charge is 0.457 e. The number of nitrogens with zero attached hydrogens (tertiary/aromatic N) is 1. The Hall–Kier alpha value is -4.12. The summed E-state index contributed by atoms with van der Waals surface area (Å²) in [5.74, 6) is 0.849. The summed E-state index contributed by atoms with van der Waals surface area (Å²) >= 11 is 0. The first-order valence-corrected chi connectivity index (χ1v) is 10.6. The summed E-state index contributed by atoms with van der Waals surface area (Å²) in [4.78, 5) is 27.3. The van der Waals surface area contributed by atoms with Crippen molar-refractivity contribution in [1.29, 1.82) is 0 Å². The van der Waals surface area contributed by atoms with E-state index in [0.29, 0.717) is 18.0 Å². The summed E-state index contributed by atoms with van der Waals surface area (Å²) in [5.41, 5.74) is 1.53. The number of fused-ring (bicyclic) bond motifs is 1. The van der Waals surface area contributed by atoms with Gasteiger partial charge in [-0.1, -0.05) is 54.6 Å². The second-order valence-electron chi connectivity index (χ2n) is 7.83. The zero-order valence-corrected chi connectivity index (χ0v) is 17.4. The zero-order chi connectivity index (χ0) is 21.9. The van der Waals surface area contributed by atoms with E-state index < -0.39 is 5.92 Å². The van der Waals surface area contributed by atoms with Gasteiger partial charge in [-0.15, -0.1) is 0 Å². The molecule has 0 radical (unpaired) electrons. The van der Waals surface area contributed by atoms with Gasteiger partial charge in [0, 0.05) is 24.0 Å². The van der Waals surface area contributed by atoms with Crippen molar-refractivity contribution in [3.8, 4) is 11.5 Å². The molecule has 5 rings (SSSR count). The molecule has 2 amide bonds. The molecular weight excluding hydrogens is 400 g/mol. The second kappa shape index (κ2) is 8.55. The Kier molecular flexibility index (Phi) is 5.30. The first-order chi connectivity index (χ1) is 15.7. The lowest BCUT2D eigenvalue weighted by Crippen LogP contribution is -2.28. The number of hydrogen-bond donors (Lipinski definition) is 1. The van der Waals surface area contributed by atoms with E-state index in [0.717, 1.165) is 22.2 Å². The molecule has 0 bridgehead atoms. The molecule has 5 heteroatoms. The van der Waals surface area contributed by atoms with Crippen molar-refractivity contribution in [2.75, 3.05) is 16.8 Å². The number of carbonyl (C=O) groups is 2. The molecule has 32 heavy (non-hydrogen) atoms. The van der Waals surface area contributed by atoms with Gasteiger partial charge in [0.05, 0.1) is 11.6 Å². The zero-order valence-electron chi connectivity index (χ0n) is 17.4. The number of hydrogen-bond acceptors (Lipinski definition) is 3. The predicted molar refractivity (Wildman–Crippen MR) is 126 cm³/mol. The first kappa shape index (κ1) is 19.8. The SMILES string of the molecule is O=C(Nc1ccc(Oc2ccccc2)cc1)[C@@H]1CC(=O)N(c2cccc3ccccc23)C1. The van der Waals surface area contributed by atoms with Gasteiger partial charge in [0.25, 0.3) is 0 Å². The highest BCUT2D eigenvalue weighted by Crippen LogP contribution is 2.32. The molecular formula is C27H22N2O3. The van der Waals surface area contributed by atoms with Crippen molar-refractivity contribution in [1.82, 2.24) is 0 Å². The van der Waals surface area contributed by atoms with Crippen molar-refractivity contribution in [3.63, 3.8) is 0 Å². The Labute approximate surface area is 186 Å². The fraction of sp³-hybridized carbons (Fsp3) is 0.111. The quantitative estimate of drug-likeness (QED) is 0.454. The number of anilines is 2. The average molecular weight is 422 g/mol. The van der Waals surface area contributed by atoms with Gasteiger partial charge in [-0.2, -0.15) is 0 Å². The maximum atomic E-state index is 12.9. The summed E-state index contributed by atoms with van der Waals surface area (Å²) in [6.07, 6.45) is 0.199. The number of amides is 2. The molecule has 1 heterocycles. The Balaban J connectivity index is 1.26. The molecule has 158 valence electrons. The van der Waals surface area contributed by atoms with E-state index in [1.54, 1.807) is 17.0 Å². The number of rotatable bonds is 5. The van der Waals surface area contributed by atoms with Gasteiger partial charge in [0.15, 0.2) is 0 Å². The smallest absolute Gasteiger partial charge is 0.229 e. The Bertz CT molecular complexity index is 1260. The molecule has 4 aromatic rings. The van der Waals surface area contributed by atoms with Crippen LogP contribution in [0.3, 0.4) is 0 Å². The maximum absolute atomic E-state index is 12.9. The van der Waals surface area contributed by atoms with Crippen LogP contribution in [-0.2, 0) is 9.59 Å². The molecule has 4 aromatic carbocycles. The molecule has 1 aliphatic heterocycles. The van der Waals surface area contributed by atoms with E-state index in [1.165, 1.54) is 0 Å². The van der Waals surface area contributed by atoms with E-state index in [-0.39, 0.29) is 18.2 Å². The van der Waals surface area contributed by atoms with E-state index >= 15 is 0 Å².